The van der Waals surface area contributed by atoms with Gasteiger partial charge in [-0.05, 0) is 30.7 Å². The molecule has 0 bridgehead atoms. The highest BCUT2D eigenvalue weighted by Crippen LogP contribution is 2.20. The number of halogens is 1. The molecule has 1 fully saturated rings. The number of H-pyrrole nitrogens is 1. The number of aromatic nitrogens is 2. The van der Waals surface area contributed by atoms with Crippen molar-refractivity contribution in [3.8, 4) is 0 Å². The van der Waals surface area contributed by atoms with Crippen molar-refractivity contribution < 1.29 is 4.39 Å². The van der Waals surface area contributed by atoms with Crippen LogP contribution < -0.4 is 10.2 Å². The predicted molar refractivity (Wildman–Crippen MR) is 116 cm³/mol. The number of imidazole rings is 1. The highest BCUT2D eigenvalue weighted by Gasteiger charge is 2.21. The molecule has 2 aromatic carbocycles. The summed E-state index contributed by atoms with van der Waals surface area (Å²) in [5, 5.41) is 3.45. The number of hydrogen-bond acceptors (Lipinski definition) is 3. The molecule has 0 amide bonds. The van der Waals surface area contributed by atoms with E-state index in [1.54, 1.807) is 6.07 Å². The van der Waals surface area contributed by atoms with Crippen molar-refractivity contribution in [3.63, 3.8) is 0 Å². The fourth-order valence-corrected chi connectivity index (χ4v) is 3.78. The van der Waals surface area contributed by atoms with Crippen LogP contribution in [0.3, 0.4) is 0 Å². The molecule has 0 spiro atoms. The van der Waals surface area contributed by atoms with Crippen LogP contribution in [-0.4, -0.2) is 60.6 Å². The van der Waals surface area contributed by atoms with Gasteiger partial charge >= 0.3 is 0 Å². The Hall–Kier alpha value is -3.09. The van der Waals surface area contributed by atoms with Gasteiger partial charge in [-0.1, -0.05) is 24.3 Å². The van der Waals surface area contributed by atoms with E-state index in [0.29, 0.717) is 5.69 Å². The molecule has 0 unspecified atom stereocenters. The minimum Gasteiger partial charge on any atom is -0.366 e. The van der Waals surface area contributed by atoms with Crippen molar-refractivity contribution in [3.05, 3.63) is 60.2 Å². The lowest BCUT2D eigenvalue weighted by Gasteiger charge is -2.37. The van der Waals surface area contributed by atoms with Gasteiger partial charge in [0.15, 0.2) is 5.96 Å². The zero-order chi connectivity index (χ0) is 20.1. The molecule has 0 aliphatic carbocycles. The Morgan fingerprint density at radius 2 is 1.86 bits per heavy atom. The summed E-state index contributed by atoms with van der Waals surface area (Å²) in [7, 11) is 1.81. The van der Waals surface area contributed by atoms with Crippen LogP contribution in [0.15, 0.2) is 53.5 Å². The molecule has 152 valence electrons. The number of hydrogen-bond donors (Lipinski definition) is 2. The van der Waals surface area contributed by atoms with Crippen LogP contribution in [0.1, 0.15) is 12.2 Å². The topological polar surface area (TPSA) is 59.6 Å². The standard InChI is InChI=1S/C22H27FN6/c1-24-22(25-12-6-11-21-26-18-8-3-4-9-19(18)27-21)29-15-13-28(14-16-29)20-10-5-2-7-17(20)23/h2-5,7-10H,6,11-16H2,1H3,(H,24,25)(H,26,27). The molecule has 7 heteroatoms. The van der Waals surface area contributed by atoms with Gasteiger partial charge in [0.2, 0.25) is 0 Å². The summed E-state index contributed by atoms with van der Waals surface area (Å²) in [6, 6.07) is 15.1. The number of nitrogens with zero attached hydrogens (tertiary/aromatic N) is 4. The largest absolute Gasteiger partial charge is 0.366 e. The minimum absolute atomic E-state index is 0.158. The number of guanidine groups is 1. The van der Waals surface area contributed by atoms with E-state index in [2.05, 4.69) is 30.1 Å². The van der Waals surface area contributed by atoms with Crippen LogP contribution in [-0.2, 0) is 6.42 Å². The van der Waals surface area contributed by atoms with Gasteiger partial charge in [-0.3, -0.25) is 4.99 Å². The van der Waals surface area contributed by atoms with Crippen molar-refractivity contribution in [2.45, 2.75) is 12.8 Å². The van der Waals surface area contributed by atoms with E-state index in [0.717, 1.165) is 68.4 Å². The fraction of sp³-hybridized carbons (Fsp3) is 0.364. The first-order chi connectivity index (χ1) is 14.2. The lowest BCUT2D eigenvalue weighted by atomic mass is 10.2. The van der Waals surface area contributed by atoms with Crippen LogP contribution in [0.25, 0.3) is 11.0 Å². The molecule has 1 aliphatic rings. The number of aromatic amines is 1. The second kappa shape index (κ2) is 8.94. The van der Waals surface area contributed by atoms with Crippen LogP contribution in [0.2, 0.25) is 0 Å². The maximum atomic E-state index is 14.0. The molecule has 29 heavy (non-hydrogen) atoms. The van der Waals surface area contributed by atoms with E-state index in [1.807, 2.05) is 43.4 Å². The number of aliphatic imine (C=N–C) groups is 1. The van der Waals surface area contributed by atoms with E-state index < -0.39 is 0 Å². The number of fused-ring (bicyclic) bond motifs is 1. The Morgan fingerprint density at radius 3 is 2.62 bits per heavy atom. The smallest absolute Gasteiger partial charge is 0.193 e. The molecule has 0 saturated carbocycles. The first-order valence-electron chi connectivity index (χ1n) is 10.1. The van der Waals surface area contributed by atoms with E-state index in [9.17, 15) is 4.39 Å². The molecule has 1 aliphatic heterocycles. The number of piperazine rings is 1. The average molecular weight is 394 g/mol. The van der Waals surface area contributed by atoms with Gasteiger partial charge < -0.3 is 20.1 Å². The summed E-state index contributed by atoms with van der Waals surface area (Å²) in [6.07, 6.45) is 1.85. The normalized spacial score (nSPS) is 15.2. The van der Waals surface area contributed by atoms with Crippen molar-refractivity contribution in [2.75, 3.05) is 44.7 Å². The van der Waals surface area contributed by atoms with Gasteiger partial charge in [0, 0.05) is 46.2 Å². The lowest BCUT2D eigenvalue weighted by Crippen LogP contribution is -2.52. The minimum atomic E-state index is -0.158. The molecule has 0 atom stereocenters. The molecule has 1 saturated heterocycles. The maximum absolute atomic E-state index is 14.0. The first-order valence-corrected chi connectivity index (χ1v) is 10.1. The average Bonchev–Trinajstić information content (AvgIpc) is 3.17. The Kier molecular flexibility index (Phi) is 5.93. The van der Waals surface area contributed by atoms with Gasteiger partial charge in [-0.25, -0.2) is 9.37 Å². The van der Waals surface area contributed by atoms with Crippen molar-refractivity contribution in [1.29, 1.82) is 0 Å². The zero-order valence-electron chi connectivity index (χ0n) is 16.7. The second-order valence-corrected chi connectivity index (χ2v) is 7.20. The highest BCUT2D eigenvalue weighted by atomic mass is 19.1. The predicted octanol–water partition coefficient (Wildman–Crippen LogP) is 3.03. The summed E-state index contributed by atoms with van der Waals surface area (Å²) in [5.74, 6) is 1.76. The molecule has 2 N–H and O–H groups in total. The van der Waals surface area contributed by atoms with Crippen molar-refractivity contribution in [1.82, 2.24) is 20.2 Å². The van der Waals surface area contributed by atoms with Crippen molar-refractivity contribution in [2.24, 2.45) is 4.99 Å². The molecule has 4 rings (SSSR count). The second-order valence-electron chi connectivity index (χ2n) is 7.20. The van der Waals surface area contributed by atoms with E-state index >= 15 is 0 Å². The van der Waals surface area contributed by atoms with Crippen molar-refractivity contribution >= 4 is 22.7 Å². The monoisotopic (exact) mass is 394 g/mol. The summed E-state index contributed by atoms with van der Waals surface area (Å²) in [6.45, 7) is 4.02. The van der Waals surface area contributed by atoms with Gasteiger partial charge in [0.1, 0.15) is 11.6 Å². The number of para-hydroxylation sites is 3. The first kappa shape index (κ1) is 19.2. The molecule has 3 aromatic rings. The summed E-state index contributed by atoms with van der Waals surface area (Å²) >= 11 is 0. The zero-order valence-corrected chi connectivity index (χ0v) is 16.7. The Morgan fingerprint density at radius 1 is 1.10 bits per heavy atom. The Balaban J connectivity index is 1.24. The van der Waals surface area contributed by atoms with E-state index in [-0.39, 0.29) is 5.82 Å². The van der Waals surface area contributed by atoms with Gasteiger partial charge in [0.05, 0.1) is 16.7 Å². The van der Waals surface area contributed by atoms with Crippen LogP contribution in [0, 0.1) is 5.82 Å². The van der Waals surface area contributed by atoms with Gasteiger partial charge in [0.25, 0.3) is 0 Å². The van der Waals surface area contributed by atoms with E-state index in [1.165, 1.54) is 6.07 Å². The Bertz CT molecular complexity index is 941. The number of benzene rings is 2. The molecular weight excluding hydrogens is 367 g/mol. The fourth-order valence-electron chi connectivity index (χ4n) is 3.78. The Labute approximate surface area is 170 Å². The van der Waals surface area contributed by atoms with Gasteiger partial charge in [-0.2, -0.15) is 0 Å². The maximum Gasteiger partial charge on any atom is 0.193 e. The molecule has 0 radical (unpaired) electrons. The van der Waals surface area contributed by atoms with Crippen LogP contribution >= 0.6 is 0 Å². The molecule has 6 nitrogen and oxygen atoms in total. The molecule has 1 aromatic heterocycles. The van der Waals surface area contributed by atoms with E-state index in [4.69, 9.17) is 0 Å². The summed E-state index contributed by atoms with van der Waals surface area (Å²) in [4.78, 5) is 16.7. The summed E-state index contributed by atoms with van der Waals surface area (Å²) in [5.41, 5.74) is 2.78. The third-order valence-electron chi connectivity index (χ3n) is 5.30. The van der Waals surface area contributed by atoms with Crippen LogP contribution in [0.4, 0.5) is 10.1 Å². The molecule has 2 heterocycles. The number of rotatable bonds is 5. The number of nitrogens with one attached hydrogen (secondary N) is 2. The SMILES string of the molecule is CN=C(NCCCc1nc2ccccc2[nH]1)N1CCN(c2ccccc2F)CC1. The number of aryl methyl sites for hydroxylation is 1. The highest BCUT2D eigenvalue weighted by molar-refractivity contribution is 5.80. The lowest BCUT2D eigenvalue weighted by molar-refractivity contribution is 0.370. The molecular formula is C22H27FN6. The third kappa shape index (κ3) is 4.50. The third-order valence-corrected chi connectivity index (χ3v) is 5.30. The number of anilines is 1. The van der Waals surface area contributed by atoms with Gasteiger partial charge in [-0.15, -0.1) is 0 Å². The summed E-state index contributed by atoms with van der Waals surface area (Å²) < 4.78 is 14.0. The quantitative estimate of drug-likeness (QED) is 0.397. The van der Waals surface area contributed by atoms with Crippen LogP contribution in [0.5, 0.6) is 0 Å².